The number of nitrogens with two attached hydrogens (primary N) is 1. The first-order chi connectivity index (χ1) is 13.5. The molecule has 0 saturated heterocycles. The number of carboxylic acid groups (broad SMARTS) is 1. The van der Waals surface area contributed by atoms with Crippen molar-refractivity contribution in [1.29, 1.82) is 0 Å². The van der Waals surface area contributed by atoms with Gasteiger partial charge in [0.05, 0.1) is 5.56 Å². The average Bonchev–Trinajstić information content (AvgIpc) is 2.71. The van der Waals surface area contributed by atoms with Crippen LogP contribution in [0.3, 0.4) is 0 Å². The van der Waals surface area contributed by atoms with Crippen LogP contribution in [-0.4, -0.2) is 22.6 Å². The Labute approximate surface area is 164 Å². The number of carbonyl (C=O) groups is 2. The Morgan fingerprint density at radius 3 is 1.75 bits per heavy atom. The number of ketones is 1. The maximum atomic E-state index is 13.0. The van der Waals surface area contributed by atoms with Crippen LogP contribution in [0.25, 0.3) is 0 Å². The van der Waals surface area contributed by atoms with Crippen LogP contribution >= 0.6 is 11.8 Å². The molecule has 0 aliphatic carbocycles. The largest absolute Gasteiger partial charge is 0.478 e. The number of nitrogens with zero attached hydrogens (tertiary/aromatic N) is 1. The molecule has 7 heteroatoms. The number of rotatable bonds is 6. The van der Waals surface area contributed by atoms with E-state index < -0.39 is 5.97 Å². The molecule has 0 bridgehead atoms. The molecule has 3 aromatic rings. The number of hydrogen-bond donors (Lipinski definition) is 2. The van der Waals surface area contributed by atoms with E-state index in [0.29, 0.717) is 11.1 Å². The predicted molar refractivity (Wildman–Crippen MR) is 105 cm³/mol. The molecule has 0 atom stereocenters. The Hall–Kier alpha value is -3.45. The molecule has 3 N–H and O–H groups in total. The SMILES string of the molecule is NN=C(C(=O)c1ccc(Sc2ccc(F)cc2)cc1)c1ccc(C(=O)O)cc1. The van der Waals surface area contributed by atoms with Crippen molar-refractivity contribution in [2.75, 3.05) is 0 Å². The van der Waals surface area contributed by atoms with Gasteiger partial charge in [-0.15, -0.1) is 0 Å². The topological polar surface area (TPSA) is 92.8 Å². The second-order valence-electron chi connectivity index (χ2n) is 5.77. The van der Waals surface area contributed by atoms with E-state index in [1.807, 2.05) is 0 Å². The number of hydrazone groups is 1. The number of halogens is 1. The van der Waals surface area contributed by atoms with E-state index in [1.54, 1.807) is 36.4 Å². The highest BCUT2D eigenvalue weighted by atomic mass is 32.2. The van der Waals surface area contributed by atoms with Gasteiger partial charge in [0.2, 0.25) is 5.78 Å². The molecule has 3 rings (SSSR count). The Morgan fingerprint density at radius 2 is 1.25 bits per heavy atom. The van der Waals surface area contributed by atoms with E-state index >= 15 is 0 Å². The molecule has 0 aliphatic heterocycles. The minimum atomic E-state index is -1.06. The first-order valence-corrected chi connectivity index (χ1v) is 8.99. The molecule has 0 aromatic heterocycles. The minimum absolute atomic E-state index is 0.0378. The lowest BCUT2D eigenvalue weighted by atomic mass is 10.00. The third-order valence-electron chi connectivity index (χ3n) is 3.92. The molecule has 5 nitrogen and oxygen atoms in total. The van der Waals surface area contributed by atoms with Gasteiger partial charge in [0, 0.05) is 20.9 Å². The van der Waals surface area contributed by atoms with Crippen molar-refractivity contribution in [1.82, 2.24) is 0 Å². The smallest absolute Gasteiger partial charge is 0.335 e. The third-order valence-corrected chi connectivity index (χ3v) is 4.93. The van der Waals surface area contributed by atoms with Gasteiger partial charge in [-0.3, -0.25) is 4.79 Å². The molecule has 0 aliphatic rings. The van der Waals surface area contributed by atoms with Crippen LogP contribution in [0.1, 0.15) is 26.3 Å². The van der Waals surface area contributed by atoms with E-state index in [1.165, 1.54) is 48.2 Å². The maximum Gasteiger partial charge on any atom is 0.335 e. The van der Waals surface area contributed by atoms with Gasteiger partial charge in [-0.05, 0) is 60.7 Å². The summed E-state index contributed by atoms with van der Waals surface area (Å²) in [6.45, 7) is 0. The number of aromatic carboxylic acids is 1. The van der Waals surface area contributed by atoms with Crippen molar-refractivity contribution in [3.63, 3.8) is 0 Å². The van der Waals surface area contributed by atoms with Gasteiger partial charge in [0.25, 0.3) is 0 Å². The normalized spacial score (nSPS) is 11.2. The summed E-state index contributed by atoms with van der Waals surface area (Å²) in [6, 6.07) is 18.8. The number of carboxylic acids is 1. The molecule has 0 heterocycles. The summed E-state index contributed by atoms with van der Waals surface area (Å²) in [5, 5.41) is 12.5. The molecule has 3 aromatic carbocycles. The lowest BCUT2D eigenvalue weighted by molar-refractivity contribution is 0.0696. The Balaban J connectivity index is 1.77. The standard InChI is InChI=1S/C21H15FN2O3S/c22-16-7-11-18(12-8-16)28-17-9-5-14(6-10-17)20(25)19(24-23)13-1-3-15(4-2-13)21(26)27/h1-12H,23H2,(H,26,27). The van der Waals surface area contributed by atoms with Gasteiger partial charge >= 0.3 is 5.97 Å². The van der Waals surface area contributed by atoms with E-state index in [2.05, 4.69) is 5.10 Å². The first-order valence-electron chi connectivity index (χ1n) is 8.17. The lowest BCUT2D eigenvalue weighted by Crippen LogP contribution is -2.18. The monoisotopic (exact) mass is 394 g/mol. The van der Waals surface area contributed by atoms with Gasteiger partial charge in [0.1, 0.15) is 11.5 Å². The summed E-state index contributed by atoms with van der Waals surface area (Å²) in [5.74, 6) is 3.68. The van der Waals surface area contributed by atoms with Gasteiger partial charge < -0.3 is 10.9 Å². The zero-order valence-corrected chi connectivity index (χ0v) is 15.3. The second-order valence-corrected chi connectivity index (χ2v) is 6.92. The Morgan fingerprint density at radius 1 is 0.786 bits per heavy atom. The quantitative estimate of drug-likeness (QED) is 0.283. The van der Waals surface area contributed by atoms with Gasteiger partial charge in [0.15, 0.2) is 0 Å². The molecule has 140 valence electrons. The van der Waals surface area contributed by atoms with Crippen LogP contribution in [0, 0.1) is 5.82 Å². The van der Waals surface area contributed by atoms with Crippen LogP contribution in [0.2, 0.25) is 0 Å². The lowest BCUT2D eigenvalue weighted by Gasteiger charge is -2.07. The zero-order chi connectivity index (χ0) is 20.1. The maximum absolute atomic E-state index is 13.0. The fraction of sp³-hybridized carbons (Fsp3) is 0. The van der Waals surface area contributed by atoms with Gasteiger partial charge in [-0.2, -0.15) is 5.10 Å². The van der Waals surface area contributed by atoms with Crippen molar-refractivity contribution in [3.05, 3.63) is 95.3 Å². The van der Waals surface area contributed by atoms with Crippen molar-refractivity contribution >= 4 is 29.2 Å². The molecular formula is C21H15FN2O3S. The van der Waals surface area contributed by atoms with E-state index in [0.717, 1.165) is 9.79 Å². The molecule has 0 radical (unpaired) electrons. The molecule has 0 spiro atoms. The highest BCUT2D eigenvalue weighted by Gasteiger charge is 2.17. The fourth-order valence-electron chi connectivity index (χ4n) is 2.48. The Kier molecular flexibility index (Phi) is 5.86. The first kappa shape index (κ1) is 19.3. The Bertz CT molecular complexity index is 1030. The van der Waals surface area contributed by atoms with Crippen LogP contribution in [0.15, 0.2) is 87.7 Å². The number of Topliss-reactive ketones (excluding diaryl/α,β-unsaturated/α-hetero) is 1. The number of carbonyl (C=O) groups excluding carboxylic acids is 1. The molecule has 0 amide bonds. The molecule has 0 unspecified atom stereocenters. The molecular weight excluding hydrogens is 379 g/mol. The number of hydrogen-bond acceptors (Lipinski definition) is 5. The zero-order valence-electron chi connectivity index (χ0n) is 14.5. The van der Waals surface area contributed by atoms with Crippen molar-refractivity contribution in [3.8, 4) is 0 Å². The van der Waals surface area contributed by atoms with Crippen molar-refractivity contribution < 1.29 is 19.1 Å². The van der Waals surface area contributed by atoms with Crippen LogP contribution in [0.4, 0.5) is 4.39 Å². The van der Waals surface area contributed by atoms with E-state index in [9.17, 15) is 14.0 Å². The molecule has 0 saturated carbocycles. The van der Waals surface area contributed by atoms with E-state index in [4.69, 9.17) is 10.9 Å². The summed E-state index contributed by atoms with van der Waals surface area (Å²) in [4.78, 5) is 25.4. The fourth-order valence-corrected chi connectivity index (χ4v) is 3.30. The summed E-state index contributed by atoms with van der Waals surface area (Å²) in [6.07, 6.45) is 0. The summed E-state index contributed by atoms with van der Waals surface area (Å²) >= 11 is 1.44. The van der Waals surface area contributed by atoms with Crippen LogP contribution in [0.5, 0.6) is 0 Å². The van der Waals surface area contributed by atoms with E-state index in [-0.39, 0.29) is 22.9 Å². The minimum Gasteiger partial charge on any atom is -0.478 e. The summed E-state index contributed by atoms with van der Waals surface area (Å²) in [5.41, 5.74) is 0.975. The summed E-state index contributed by atoms with van der Waals surface area (Å²) < 4.78 is 13.0. The molecule has 28 heavy (non-hydrogen) atoms. The predicted octanol–water partition coefficient (Wildman–Crippen LogP) is 4.22. The third kappa shape index (κ3) is 4.44. The highest BCUT2D eigenvalue weighted by molar-refractivity contribution is 7.99. The van der Waals surface area contributed by atoms with Crippen molar-refractivity contribution in [2.24, 2.45) is 10.9 Å². The van der Waals surface area contributed by atoms with Crippen LogP contribution < -0.4 is 5.84 Å². The summed E-state index contributed by atoms with van der Waals surface area (Å²) in [7, 11) is 0. The van der Waals surface area contributed by atoms with Crippen LogP contribution in [-0.2, 0) is 0 Å². The van der Waals surface area contributed by atoms with Crippen molar-refractivity contribution in [2.45, 2.75) is 9.79 Å². The number of benzene rings is 3. The highest BCUT2D eigenvalue weighted by Crippen LogP contribution is 2.28. The van der Waals surface area contributed by atoms with Gasteiger partial charge in [-0.25, -0.2) is 9.18 Å². The molecule has 0 fully saturated rings. The second kappa shape index (κ2) is 8.49. The van der Waals surface area contributed by atoms with Gasteiger partial charge in [-0.1, -0.05) is 23.9 Å². The average molecular weight is 394 g/mol.